The Morgan fingerprint density at radius 3 is 2.86 bits per heavy atom. The van der Waals surface area contributed by atoms with Gasteiger partial charge in [-0.15, -0.1) is 9.24 Å². The van der Waals surface area contributed by atoms with Crippen LogP contribution in [0.1, 0.15) is 6.42 Å². The normalized spacial score (nSPS) is 17.6. The molecular weight excluding hydrogens is 103 g/mol. The third kappa shape index (κ3) is 1.14. The van der Waals surface area contributed by atoms with Crippen LogP contribution in [0.2, 0.25) is 0 Å². The minimum absolute atomic E-state index is 1.11. The summed E-state index contributed by atoms with van der Waals surface area (Å²) in [7, 11) is 2.70. The summed E-state index contributed by atoms with van der Waals surface area (Å²) in [6.45, 7) is 0. The molecule has 0 aromatic heterocycles. The highest BCUT2D eigenvalue weighted by Crippen LogP contribution is 2.09. The van der Waals surface area contributed by atoms with Crippen molar-refractivity contribution in [1.29, 1.82) is 0 Å². The van der Waals surface area contributed by atoms with Gasteiger partial charge < -0.3 is 0 Å². The van der Waals surface area contributed by atoms with Crippen LogP contribution in [0.3, 0.4) is 0 Å². The van der Waals surface area contributed by atoms with Crippen LogP contribution in [-0.4, -0.2) is 6.16 Å². The zero-order valence-corrected chi connectivity index (χ0v) is 5.38. The summed E-state index contributed by atoms with van der Waals surface area (Å²) < 4.78 is 0. The maximum Gasteiger partial charge on any atom is -0.0132 e. The molecule has 1 aliphatic rings. The Bertz CT molecular complexity index is 111. The molecule has 0 saturated carbocycles. The van der Waals surface area contributed by atoms with Gasteiger partial charge in [0.25, 0.3) is 0 Å². The molecule has 1 aliphatic carbocycles. The minimum atomic E-state index is 1.11. The van der Waals surface area contributed by atoms with E-state index in [0.29, 0.717) is 0 Å². The van der Waals surface area contributed by atoms with Gasteiger partial charge in [0, 0.05) is 0 Å². The summed E-state index contributed by atoms with van der Waals surface area (Å²) in [5, 5.41) is 0. The van der Waals surface area contributed by atoms with Gasteiger partial charge in [0.2, 0.25) is 0 Å². The van der Waals surface area contributed by atoms with Crippen LogP contribution >= 0.6 is 9.24 Å². The SMILES string of the molecule is PCC1=CCC=C1. The van der Waals surface area contributed by atoms with Crippen molar-refractivity contribution in [2.24, 2.45) is 0 Å². The summed E-state index contributed by atoms with van der Waals surface area (Å²) in [4.78, 5) is 0. The van der Waals surface area contributed by atoms with Crippen LogP contribution < -0.4 is 0 Å². The Balaban J connectivity index is 2.52. The minimum Gasteiger partial charge on any atom is -0.133 e. The van der Waals surface area contributed by atoms with E-state index >= 15 is 0 Å². The van der Waals surface area contributed by atoms with Crippen LogP contribution in [0.5, 0.6) is 0 Å². The van der Waals surface area contributed by atoms with E-state index in [1.54, 1.807) is 0 Å². The molecule has 0 radical (unpaired) electrons. The van der Waals surface area contributed by atoms with Gasteiger partial charge in [0.15, 0.2) is 0 Å². The molecule has 0 N–H and O–H groups in total. The van der Waals surface area contributed by atoms with Crippen molar-refractivity contribution in [3.63, 3.8) is 0 Å². The molecule has 0 amide bonds. The topological polar surface area (TPSA) is 0 Å². The Labute approximate surface area is 46.5 Å². The van der Waals surface area contributed by atoms with Crippen LogP contribution in [0.15, 0.2) is 23.8 Å². The second kappa shape index (κ2) is 2.28. The third-order valence-corrected chi connectivity index (χ3v) is 1.56. The van der Waals surface area contributed by atoms with Crippen LogP contribution in [0.25, 0.3) is 0 Å². The maximum atomic E-state index is 2.70. The average molecular weight is 112 g/mol. The molecule has 0 aromatic carbocycles. The van der Waals surface area contributed by atoms with Gasteiger partial charge >= 0.3 is 0 Å². The van der Waals surface area contributed by atoms with E-state index in [1.807, 2.05) is 0 Å². The monoisotopic (exact) mass is 112 g/mol. The summed E-state index contributed by atoms with van der Waals surface area (Å²) >= 11 is 0. The zero-order valence-electron chi connectivity index (χ0n) is 4.22. The number of hydrogen-bond acceptors (Lipinski definition) is 0. The van der Waals surface area contributed by atoms with Gasteiger partial charge in [0.1, 0.15) is 0 Å². The molecule has 38 valence electrons. The van der Waals surface area contributed by atoms with Gasteiger partial charge in [-0.2, -0.15) is 0 Å². The first-order valence-corrected chi connectivity index (χ1v) is 3.31. The molecule has 1 atom stereocenters. The van der Waals surface area contributed by atoms with E-state index in [9.17, 15) is 0 Å². The predicted octanol–water partition coefficient (Wildman–Crippen LogP) is 1.75. The maximum absolute atomic E-state index is 2.70. The highest BCUT2D eigenvalue weighted by Gasteiger charge is 1.90. The molecule has 0 nitrogen and oxygen atoms in total. The molecule has 1 unspecified atom stereocenters. The van der Waals surface area contributed by atoms with Gasteiger partial charge in [-0.1, -0.05) is 18.2 Å². The van der Waals surface area contributed by atoms with Crippen molar-refractivity contribution in [3.8, 4) is 0 Å². The van der Waals surface area contributed by atoms with Crippen LogP contribution in [-0.2, 0) is 0 Å². The molecule has 0 heterocycles. The van der Waals surface area contributed by atoms with Crippen molar-refractivity contribution in [3.05, 3.63) is 23.8 Å². The van der Waals surface area contributed by atoms with Crippen LogP contribution in [0.4, 0.5) is 0 Å². The second-order valence-electron chi connectivity index (χ2n) is 1.62. The Hall–Kier alpha value is -0.0900. The fourth-order valence-electron chi connectivity index (χ4n) is 0.658. The highest BCUT2D eigenvalue weighted by atomic mass is 31.0. The fourth-order valence-corrected chi connectivity index (χ4v) is 0.961. The number of hydrogen-bond donors (Lipinski definition) is 0. The van der Waals surface area contributed by atoms with Crippen molar-refractivity contribution >= 4 is 9.24 Å². The van der Waals surface area contributed by atoms with E-state index in [2.05, 4.69) is 27.5 Å². The lowest BCUT2D eigenvalue weighted by molar-refractivity contribution is 1.43. The molecule has 1 heteroatoms. The predicted molar refractivity (Wildman–Crippen MR) is 36.4 cm³/mol. The molecule has 0 fully saturated rings. The number of rotatable bonds is 1. The van der Waals surface area contributed by atoms with Crippen molar-refractivity contribution < 1.29 is 0 Å². The molecule has 0 saturated heterocycles. The third-order valence-electron chi connectivity index (χ3n) is 1.08. The lowest BCUT2D eigenvalue weighted by Gasteiger charge is -1.84. The van der Waals surface area contributed by atoms with Crippen molar-refractivity contribution in [2.45, 2.75) is 6.42 Å². The van der Waals surface area contributed by atoms with Gasteiger partial charge in [-0.25, -0.2) is 0 Å². The van der Waals surface area contributed by atoms with Crippen molar-refractivity contribution in [1.82, 2.24) is 0 Å². The standard InChI is InChI=1S/C6H9P/c7-5-6-3-1-2-4-6/h1,3-4H,2,5,7H2. The molecule has 0 bridgehead atoms. The highest BCUT2D eigenvalue weighted by molar-refractivity contribution is 7.16. The molecule has 0 aliphatic heterocycles. The Kier molecular flexibility index (Phi) is 1.64. The lowest BCUT2D eigenvalue weighted by Crippen LogP contribution is -1.69. The smallest absolute Gasteiger partial charge is 0.0132 e. The van der Waals surface area contributed by atoms with E-state index < -0.39 is 0 Å². The van der Waals surface area contributed by atoms with Gasteiger partial charge in [-0.05, 0) is 18.2 Å². The molecule has 0 spiro atoms. The molecule has 7 heavy (non-hydrogen) atoms. The Morgan fingerprint density at radius 2 is 2.57 bits per heavy atom. The molecule has 0 aromatic rings. The zero-order chi connectivity index (χ0) is 5.11. The van der Waals surface area contributed by atoms with Crippen molar-refractivity contribution in [2.75, 3.05) is 6.16 Å². The van der Waals surface area contributed by atoms with E-state index in [1.165, 1.54) is 5.57 Å². The van der Waals surface area contributed by atoms with E-state index in [4.69, 9.17) is 0 Å². The Morgan fingerprint density at radius 1 is 1.71 bits per heavy atom. The quantitative estimate of drug-likeness (QED) is 0.453. The first kappa shape index (κ1) is 5.05. The first-order valence-electron chi connectivity index (χ1n) is 2.49. The summed E-state index contributed by atoms with van der Waals surface area (Å²) in [6.07, 6.45) is 8.85. The fraction of sp³-hybridized carbons (Fsp3) is 0.333. The second-order valence-corrected chi connectivity index (χ2v) is 2.03. The average Bonchev–Trinajstić information content (AvgIpc) is 2.14. The lowest BCUT2D eigenvalue weighted by atomic mass is 10.3. The largest absolute Gasteiger partial charge is 0.133 e. The van der Waals surface area contributed by atoms with E-state index in [0.717, 1.165) is 12.6 Å². The summed E-state index contributed by atoms with van der Waals surface area (Å²) in [6, 6.07) is 0. The number of allylic oxidation sites excluding steroid dienone is 4. The summed E-state index contributed by atoms with van der Waals surface area (Å²) in [5.74, 6) is 0. The van der Waals surface area contributed by atoms with Crippen LogP contribution in [0, 0.1) is 0 Å². The van der Waals surface area contributed by atoms with Gasteiger partial charge in [0.05, 0.1) is 0 Å². The molecule has 1 rings (SSSR count). The summed E-state index contributed by atoms with van der Waals surface area (Å²) in [5.41, 5.74) is 1.45. The molecular formula is C6H9P. The first-order chi connectivity index (χ1) is 3.43. The van der Waals surface area contributed by atoms with E-state index in [-0.39, 0.29) is 0 Å². The van der Waals surface area contributed by atoms with Gasteiger partial charge in [-0.3, -0.25) is 0 Å².